The molecule has 1 aliphatic heterocycles. The number of aromatic hydroxyl groups is 2. The molecule has 2 aromatic heterocycles. The van der Waals surface area contributed by atoms with Crippen LogP contribution < -0.4 is 4.74 Å². The number of nitrogens with one attached hydrogen (secondary N) is 1. The van der Waals surface area contributed by atoms with Crippen molar-refractivity contribution in [2.75, 3.05) is 6.61 Å². The normalized spacial score (nSPS) is 14.9. The number of carbonyl (C=O) groups is 1. The van der Waals surface area contributed by atoms with E-state index in [1.54, 1.807) is 35.5 Å². The highest BCUT2D eigenvalue weighted by atomic mass is 16.5. The molecule has 0 saturated heterocycles. The molecule has 1 unspecified atom stereocenters. The Bertz CT molecular complexity index is 1410. The van der Waals surface area contributed by atoms with Gasteiger partial charge in [0.15, 0.2) is 11.5 Å². The van der Waals surface area contributed by atoms with Gasteiger partial charge in [-0.05, 0) is 67.3 Å². The van der Waals surface area contributed by atoms with Gasteiger partial charge in [-0.15, -0.1) is 0 Å². The van der Waals surface area contributed by atoms with Crippen molar-refractivity contribution < 1.29 is 19.7 Å². The number of hydrogen-bond acceptors (Lipinski definition) is 6. The summed E-state index contributed by atoms with van der Waals surface area (Å²) < 4.78 is 5.63. The second-order valence-corrected chi connectivity index (χ2v) is 8.70. The second kappa shape index (κ2) is 8.79. The van der Waals surface area contributed by atoms with E-state index in [2.05, 4.69) is 15.2 Å². The van der Waals surface area contributed by atoms with Crippen molar-refractivity contribution in [3.63, 3.8) is 0 Å². The van der Waals surface area contributed by atoms with E-state index in [4.69, 9.17) is 4.74 Å². The van der Waals surface area contributed by atoms with Gasteiger partial charge in [-0.1, -0.05) is 18.2 Å². The minimum Gasteiger partial charge on any atom is -0.507 e. The van der Waals surface area contributed by atoms with E-state index in [1.807, 2.05) is 45.0 Å². The molecule has 178 valence electrons. The number of hydrogen-bond donors (Lipinski definition) is 3. The molecule has 3 N–H and O–H groups in total. The maximum Gasteiger partial charge on any atom is 0.273 e. The average molecular weight is 471 g/mol. The van der Waals surface area contributed by atoms with Gasteiger partial charge < -0.3 is 19.8 Å². The first-order chi connectivity index (χ1) is 16.9. The number of phenols is 2. The lowest BCUT2D eigenvalue weighted by Gasteiger charge is -2.27. The van der Waals surface area contributed by atoms with Gasteiger partial charge in [0, 0.05) is 30.1 Å². The molecule has 1 atom stereocenters. The van der Waals surface area contributed by atoms with E-state index in [1.165, 1.54) is 0 Å². The Hall–Kier alpha value is -4.33. The lowest BCUT2D eigenvalue weighted by Crippen LogP contribution is -2.29. The van der Waals surface area contributed by atoms with Gasteiger partial charge in [0.2, 0.25) is 0 Å². The number of ether oxygens (including phenoxy) is 1. The van der Waals surface area contributed by atoms with Gasteiger partial charge in [-0.3, -0.25) is 14.9 Å². The van der Waals surface area contributed by atoms with Crippen LogP contribution in [-0.4, -0.2) is 42.8 Å². The van der Waals surface area contributed by atoms with Gasteiger partial charge in [-0.25, -0.2) is 0 Å². The molecule has 0 aliphatic carbocycles. The molecule has 5 rings (SSSR count). The van der Waals surface area contributed by atoms with Crippen LogP contribution in [0, 0.1) is 13.8 Å². The van der Waals surface area contributed by atoms with E-state index in [0.717, 1.165) is 22.3 Å². The summed E-state index contributed by atoms with van der Waals surface area (Å²) >= 11 is 0. The van der Waals surface area contributed by atoms with Crippen LogP contribution >= 0.6 is 0 Å². The molecular formula is C27H26N4O4. The maximum absolute atomic E-state index is 13.6. The molecule has 4 aromatic rings. The molecule has 0 spiro atoms. The van der Waals surface area contributed by atoms with Crippen molar-refractivity contribution in [2.24, 2.45) is 0 Å². The van der Waals surface area contributed by atoms with Crippen molar-refractivity contribution in [3.8, 4) is 28.5 Å². The molecule has 35 heavy (non-hydrogen) atoms. The molecule has 0 saturated carbocycles. The monoisotopic (exact) mass is 470 g/mol. The fraction of sp³-hybridized carbons (Fsp3) is 0.222. The van der Waals surface area contributed by atoms with Gasteiger partial charge in [0.05, 0.1) is 12.6 Å². The summed E-state index contributed by atoms with van der Waals surface area (Å²) in [6, 6.07) is 12.1. The number of aromatic nitrogens is 3. The summed E-state index contributed by atoms with van der Waals surface area (Å²) in [5, 5.41) is 28.6. The standard InChI is InChI=1S/C27H26N4O4/c1-4-35-21-12-18(7-8-20(21)32)25-22-23(19-11-15(2)10-16(3)26(19)33)29-30-24(22)27(34)31(25)14-17-6-5-9-28-13-17/h5-13,25,32-33H,4,14H2,1-3H3,(H,29,30). The number of nitrogens with zero attached hydrogens (tertiary/aromatic N) is 3. The number of carbonyl (C=O) groups excluding carboxylic acids is 1. The largest absolute Gasteiger partial charge is 0.507 e. The number of phenolic OH excluding ortho intramolecular Hbond substituents is 2. The number of pyridine rings is 1. The van der Waals surface area contributed by atoms with Crippen molar-refractivity contribution in [1.29, 1.82) is 0 Å². The molecule has 2 aromatic carbocycles. The van der Waals surface area contributed by atoms with E-state index in [0.29, 0.717) is 41.4 Å². The summed E-state index contributed by atoms with van der Waals surface area (Å²) in [5.74, 6) is 0.287. The van der Waals surface area contributed by atoms with Gasteiger partial charge in [0.25, 0.3) is 5.91 Å². The Labute approximate surface area is 202 Å². The van der Waals surface area contributed by atoms with Crippen LogP contribution in [-0.2, 0) is 6.54 Å². The number of aryl methyl sites for hydroxylation is 2. The highest BCUT2D eigenvalue weighted by molar-refractivity contribution is 6.00. The maximum atomic E-state index is 13.6. The number of benzene rings is 2. The van der Waals surface area contributed by atoms with Crippen molar-refractivity contribution in [2.45, 2.75) is 33.4 Å². The molecule has 3 heterocycles. The van der Waals surface area contributed by atoms with Crippen LogP contribution in [0.4, 0.5) is 0 Å². The number of aromatic amines is 1. The number of H-pyrrole nitrogens is 1. The highest BCUT2D eigenvalue weighted by Crippen LogP contribution is 2.47. The van der Waals surface area contributed by atoms with Crippen molar-refractivity contribution in [1.82, 2.24) is 20.1 Å². The zero-order valence-corrected chi connectivity index (χ0v) is 19.7. The molecule has 0 bridgehead atoms. The summed E-state index contributed by atoms with van der Waals surface area (Å²) in [4.78, 5) is 19.5. The minimum absolute atomic E-state index is 0.0262. The molecule has 1 amide bonds. The highest BCUT2D eigenvalue weighted by Gasteiger charge is 2.43. The Balaban J connectivity index is 1.70. The molecule has 1 aliphatic rings. The predicted octanol–water partition coefficient (Wildman–Crippen LogP) is 4.64. The van der Waals surface area contributed by atoms with Crippen molar-refractivity contribution >= 4 is 5.91 Å². The van der Waals surface area contributed by atoms with Crippen LogP contribution in [0.2, 0.25) is 0 Å². The third-order valence-electron chi connectivity index (χ3n) is 6.24. The zero-order valence-electron chi connectivity index (χ0n) is 19.7. The lowest BCUT2D eigenvalue weighted by atomic mass is 9.93. The SMILES string of the molecule is CCOc1cc(C2c3c(-c4cc(C)cc(C)c4O)n[nH]c3C(=O)N2Cc2cccnc2)ccc1O. The first-order valence-electron chi connectivity index (χ1n) is 11.4. The average Bonchev–Trinajstić information content (AvgIpc) is 3.38. The van der Waals surface area contributed by atoms with Crippen LogP contribution in [0.3, 0.4) is 0 Å². The predicted molar refractivity (Wildman–Crippen MR) is 130 cm³/mol. The third kappa shape index (κ3) is 3.86. The second-order valence-electron chi connectivity index (χ2n) is 8.70. The van der Waals surface area contributed by atoms with Gasteiger partial charge >= 0.3 is 0 Å². The molecular weight excluding hydrogens is 444 g/mol. The third-order valence-corrected chi connectivity index (χ3v) is 6.24. The van der Waals surface area contributed by atoms with Crippen LogP contribution in [0.25, 0.3) is 11.3 Å². The summed E-state index contributed by atoms with van der Waals surface area (Å²) in [7, 11) is 0. The van der Waals surface area contributed by atoms with E-state index in [9.17, 15) is 15.0 Å². The zero-order chi connectivity index (χ0) is 24.7. The first-order valence-corrected chi connectivity index (χ1v) is 11.4. The fourth-order valence-corrected chi connectivity index (χ4v) is 4.71. The molecule has 0 fully saturated rings. The van der Waals surface area contributed by atoms with Gasteiger partial charge in [-0.2, -0.15) is 5.10 Å². The molecule has 0 radical (unpaired) electrons. The Kier molecular flexibility index (Phi) is 5.64. The topological polar surface area (TPSA) is 112 Å². The van der Waals surface area contributed by atoms with Crippen LogP contribution in [0.15, 0.2) is 54.9 Å². The summed E-state index contributed by atoms with van der Waals surface area (Å²) in [6.07, 6.45) is 3.42. The van der Waals surface area contributed by atoms with Crippen LogP contribution in [0.5, 0.6) is 17.2 Å². The Morgan fingerprint density at radius 2 is 1.97 bits per heavy atom. The van der Waals surface area contributed by atoms with Crippen LogP contribution in [0.1, 0.15) is 51.3 Å². The quantitative estimate of drug-likeness (QED) is 0.378. The number of rotatable bonds is 6. The Morgan fingerprint density at radius 3 is 2.71 bits per heavy atom. The number of amides is 1. The Morgan fingerprint density at radius 1 is 1.14 bits per heavy atom. The number of fused-ring (bicyclic) bond motifs is 1. The van der Waals surface area contributed by atoms with Gasteiger partial charge in [0.1, 0.15) is 17.1 Å². The molecule has 8 nitrogen and oxygen atoms in total. The summed E-state index contributed by atoms with van der Waals surface area (Å²) in [5.41, 5.74) is 5.46. The lowest BCUT2D eigenvalue weighted by molar-refractivity contribution is 0.0729. The van der Waals surface area contributed by atoms with E-state index >= 15 is 0 Å². The minimum atomic E-state index is -0.522. The first kappa shape index (κ1) is 22.5. The molecule has 8 heteroatoms. The van der Waals surface area contributed by atoms with E-state index < -0.39 is 6.04 Å². The summed E-state index contributed by atoms with van der Waals surface area (Å²) in [6.45, 7) is 6.34. The smallest absolute Gasteiger partial charge is 0.273 e. The van der Waals surface area contributed by atoms with E-state index in [-0.39, 0.29) is 17.4 Å². The van der Waals surface area contributed by atoms with Crippen molar-refractivity contribution in [3.05, 3.63) is 88.4 Å². The fourth-order valence-electron chi connectivity index (χ4n) is 4.71.